The van der Waals surface area contributed by atoms with Crippen molar-refractivity contribution in [3.63, 3.8) is 0 Å². The van der Waals surface area contributed by atoms with Crippen LogP contribution in [-0.4, -0.2) is 25.6 Å². The first-order valence-corrected chi connectivity index (χ1v) is 5.59. The van der Waals surface area contributed by atoms with Gasteiger partial charge in [-0.15, -0.1) is 0 Å². The van der Waals surface area contributed by atoms with E-state index in [9.17, 15) is 9.59 Å². The quantitative estimate of drug-likeness (QED) is 0.739. The van der Waals surface area contributed by atoms with E-state index in [0.717, 1.165) is 5.56 Å². The van der Waals surface area contributed by atoms with Gasteiger partial charge in [-0.05, 0) is 12.5 Å². The molecule has 0 spiro atoms. The molecule has 2 N–H and O–H groups in total. The molecule has 1 aromatic carbocycles. The third kappa shape index (κ3) is 10.6. The fraction of sp³-hybridized carbons (Fsp3) is 0.385. The monoisotopic (exact) mass is 252 g/mol. The molecule has 0 atom stereocenters. The summed E-state index contributed by atoms with van der Waals surface area (Å²) < 4.78 is 9.26. The minimum absolute atomic E-state index is 0.307. The van der Waals surface area contributed by atoms with Crippen LogP contribution in [0, 0.1) is 0 Å². The van der Waals surface area contributed by atoms with Gasteiger partial charge in [0.25, 0.3) is 0 Å². The number of rotatable bonds is 7. The van der Waals surface area contributed by atoms with Gasteiger partial charge < -0.3 is 15.2 Å². The van der Waals surface area contributed by atoms with Gasteiger partial charge in [-0.25, -0.2) is 4.79 Å². The summed E-state index contributed by atoms with van der Waals surface area (Å²) in [5.41, 5.74) is 5.79. The average Bonchev–Trinajstić information content (AvgIpc) is 2.38. The Morgan fingerprint density at radius 1 is 1.33 bits per heavy atom. The number of benzene rings is 1. The highest BCUT2D eigenvalue weighted by molar-refractivity contribution is 5.73. The zero-order valence-corrected chi connectivity index (χ0v) is 10.4. The molecule has 99 valence electrons. The Hall–Kier alpha value is -1.88. The molecule has 5 nitrogen and oxygen atoms in total. The molecule has 0 aliphatic carbocycles. The van der Waals surface area contributed by atoms with E-state index in [-0.39, 0.29) is 5.91 Å². The molecule has 0 saturated carbocycles. The zero-order valence-electron chi connectivity index (χ0n) is 10.4. The second-order valence-electron chi connectivity index (χ2n) is 3.27. The van der Waals surface area contributed by atoms with Gasteiger partial charge in [-0.3, -0.25) is 4.79 Å². The number of primary amides is 1. The molecule has 0 fully saturated rings. The maximum Gasteiger partial charge on any atom is 0.417 e. The standard InChI is InChI=1S/C8H7O2.C5H11NO2/c9-7-10-6-8-4-2-1-3-5-8;1-2-8-4-3-5(6)7/h1-5H,6H2;2-4H2,1H3,(H2,6,7). The van der Waals surface area contributed by atoms with Crippen LogP contribution in [0.1, 0.15) is 18.9 Å². The predicted octanol–water partition coefficient (Wildman–Crippen LogP) is 1.17. The Bertz CT molecular complexity index is 327. The van der Waals surface area contributed by atoms with Crippen LogP contribution in [0.3, 0.4) is 0 Å². The lowest BCUT2D eigenvalue weighted by molar-refractivity contribution is -0.119. The highest BCUT2D eigenvalue weighted by Crippen LogP contribution is 1.98. The van der Waals surface area contributed by atoms with Gasteiger partial charge in [0.2, 0.25) is 5.91 Å². The molecule has 0 saturated heterocycles. The van der Waals surface area contributed by atoms with Crippen molar-refractivity contribution >= 4 is 12.4 Å². The summed E-state index contributed by atoms with van der Waals surface area (Å²) >= 11 is 0. The van der Waals surface area contributed by atoms with Crippen LogP contribution < -0.4 is 5.73 Å². The lowest BCUT2D eigenvalue weighted by Crippen LogP contribution is -2.13. The molecule has 0 heterocycles. The van der Waals surface area contributed by atoms with Crippen molar-refractivity contribution in [3.8, 4) is 0 Å². The summed E-state index contributed by atoms with van der Waals surface area (Å²) in [6, 6.07) is 9.47. The first-order chi connectivity index (χ1) is 8.70. The van der Waals surface area contributed by atoms with E-state index in [0.29, 0.717) is 26.2 Å². The van der Waals surface area contributed by atoms with Crippen LogP contribution in [-0.2, 0) is 25.7 Å². The van der Waals surface area contributed by atoms with E-state index < -0.39 is 0 Å². The number of hydrogen-bond donors (Lipinski definition) is 1. The lowest BCUT2D eigenvalue weighted by Gasteiger charge is -1.95. The molecule has 18 heavy (non-hydrogen) atoms. The molecule has 1 radical (unpaired) electrons. The van der Waals surface area contributed by atoms with Crippen LogP contribution in [0.25, 0.3) is 0 Å². The average molecular weight is 252 g/mol. The van der Waals surface area contributed by atoms with Crippen LogP contribution in [0.4, 0.5) is 0 Å². The van der Waals surface area contributed by atoms with E-state index in [1.165, 1.54) is 6.47 Å². The van der Waals surface area contributed by atoms with Crippen LogP contribution >= 0.6 is 0 Å². The minimum Gasteiger partial charge on any atom is -0.452 e. The number of nitrogens with two attached hydrogens (primary N) is 1. The van der Waals surface area contributed by atoms with Crippen molar-refractivity contribution in [2.75, 3.05) is 13.2 Å². The van der Waals surface area contributed by atoms with Gasteiger partial charge in [0, 0.05) is 13.0 Å². The summed E-state index contributed by atoms with van der Waals surface area (Å²) in [5.74, 6) is -0.307. The number of carbonyl (C=O) groups excluding carboxylic acids is 2. The molecule has 0 bridgehead atoms. The molecule has 5 heteroatoms. The van der Waals surface area contributed by atoms with Gasteiger partial charge in [0.1, 0.15) is 6.61 Å². The molecule has 1 aromatic rings. The van der Waals surface area contributed by atoms with E-state index in [1.54, 1.807) is 0 Å². The highest BCUT2D eigenvalue weighted by Gasteiger charge is 1.90. The fourth-order valence-electron chi connectivity index (χ4n) is 1.00. The Morgan fingerprint density at radius 2 is 2.00 bits per heavy atom. The van der Waals surface area contributed by atoms with E-state index in [4.69, 9.17) is 10.5 Å². The SMILES string of the molecule is CCOCCC(N)=O.O=[C]OCc1ccccc1. The molecule has 0 aromatic heterocycles. The van der Waals surface area contributed by atoms with Crippen molar-refractivity contribution in [1.29, 1.82) is 0 Å². The van der Waals surface area contributed by atoms with E-state index in [1.807, 2.05) is 37.3 Å². The number of ether oxygens (including phenoxy) is 2. The van der Waals surface area contributed by atoms with Crippen LogP contribution in [0.2, 0.25) is 0 Å². The first-order valence-electron chi connectivity index (χ1n) is 5.59. The smallest absolute Gasteiger partial charge is 0.417 e. The summed E-state index contributed by atoms with van der Waals surface area (Å²) in [5, 5.41) is 0. The largest absolute Gasteiger partial charge is 0.452 e. The predicted molar refractivity (Wildman–Crippen MR) is 67.2 cm³/mol. The number of hydrogen-bond acceptors (Lipinski definition) is 4. The second kappa shape index (κ2) is 11.6. The first kappa shape index (κ1) is 16.1. The summed E-state index contributed by atoms with van der Waals surface area (Å²) in [6.45, 7) is 4.65. The van der Waals surface area contributed by atoms with Gasteiger partial charge in [-0.1, -0.05) is 30.3 Å². The van der Waals surface area contributed by atoms with Gasteiger partial charge in [0.15, 0.2) is 0 Å². The maximum atomic E-state index is 10.0. The molecule has 0 unspecified atom stereocenters. The molecule has 0 aliphatic heterocycles. The Kier molecular flexibility index (Phi) is 10.4. The van der Waals surface area contributed by atoms with Crippen molar-refractivity contribution in [1.82, 2.24) is 0 Å². The summed E-state index contributed by atoms with van der Waals surface area (Å²) in [6.07, 6.45) is 0.327. The Balaban J connectivity index is 0.000000331. The van der Waals surface area contributed by atoms with Crippen molar-refractivity contribution in [3.05, 3.63) is 35.9 Å². The zero-order chi connectivity index (χ0) is 13.6. The molecule has 1 amide bonds. The summed E-state index contributed by atoms with van der Waals surface area (Å²) in [4.78, 5) is 19.6. The Morgan fingerprint density at radius 3 is 2.50 bits per heavy atom. The minimum atomic E-state index is -0.307. The number of carbonyl (C=O) groups is 1. The normalized spacial score (nSPS) is 8.94. The third-order valence-corrected chi connectivity index (χ3v) is 1.84. The third-order valence-electron chi connectivity index (χ3n) is 1.84. The van der Waals surface area contributed by atoms with Gasteiger partial charge in [-0.2, -0.15) is 0 Å². The van der Waals surface area contributed by atoms with Gasteiger partial charge in [0.05, 0.1) is 6.61 Å². The second-order valence-corrected chi connectivity index (χ2v) is 3.27. The van der Waals surface area contributed by atoms with Crippen molar-refractivity contribution < 1.29 is 19.1 Å². The molecule has 0 aliphatic rings. The van der Waals surface area contributed by atoms with Crippen molar-refractivity contribution in [2.45, 2.75) is 20.0 Å². The van der Waals surface area contributed by atoms with E-state index in [2.05, 4.69) is 4.74 Å². The van der Waals surface area contributed by atoms with Crippen LogP contribution in [0.5, 0.6) is 0 Å². The maximum absolute atomic E-state index is 10.0. The van der Waals surface area contributed by atoms with Gasteiger partial charge >= 0.3 is 6.47 Å². The molecular weight excluding hydrogens is 234 g/mol. The summed E-state index contributed by atoms with van der Waals surface area (Å²) in [7, 11) is 0. The Labute approximate surface area is 107 Å². The highest BCUT2D eigenvalue weighted by atomic mass is 16.5. The molecule has 1 rings (SSSR count). The lowest BCUT2D eigenvalue weighted by atomic mass is 10.2. The molecular formula is C13H18NO4. The van der Waals surface area contributed by atoms with Crippen LogP contribution in [0.15, 0.2) is 30.3 Å². The van der Waals surface area contributed by atoms with Crippen molar-refractivity contribution in [2.24, 2.45) is 5.73 Å². The fourth-order valence-corrected chi connectivity index (χ4v) is 1.00. The topological polar surface area (TPSA) is 78.6 Å². The number of amides is 1. The van der Waals surface area contributed by atoms with E-state index >= 15 is 0 Å².